The number of phenolic OH excluding ortho intramolecular Hbond substituents is 1. The zero-order chi connectivity index (χ0) is 15.0. The topological polar surface area (TPSA) is 102 Å². The van der Waals surface area contributed by atoms with Crippen LogP contribution < -0.4 is 10.1 Å². The highest BCUT2D eigenvalue weighted by molar-refractivity contribution is 5.99. The summed E-state index contributed by atoms with van der Waals surface area (Å²) in [6.45, 7) is 0. The first-order chi connectivity index (χ1) is 10.0. The van der Waals surface area contributed by atoms with Gasteiger partial charge in [-0.25, -0.2) is 0 Å². The molecule has 2 aromatic carbocycles. The second kappa shape index (κ2) is 4.78. The molecule has 0 radical (unpaired) electrons. The predicted octanol–water partition coefficient (Wildman–Crippen LogP) is 2.59. The number of hydrogen-bond acceptors (Lipinski definition) is 5. The normalized spacial score (nSPS) is 12.7. The summed E-state index contributed by atoms with van der Waals surface area (Å²) in [4.78, 5) is 21.9. The van der Waals surface area contributed by atoms with Gasteiger partial charge in [-0.2, -0.15) is 0 Å². The highest BCUT2D eigenvalue weighted by atomic mass is 16.6. The second-order valence-corrected chi connectivity index (χ2v) is 4.53. The van der Waals surface area contributed by atoms with Crippen LogP contribution in [-0.4, -0.2) is 15.9 Å². The number of rotatable bonds is 3. The molecule has 0 bridgehead atoms. The number of benzene rings is 2. The van der Waals surface area contributed by atoms with Crippen molar-refractivity contribution < 1.29 is 19.6 Å². The molecule has 3 rings (SSSR count). The van der Waals surface area contributed by atoms with E-state index in [0.29, 0.717) is 11.3 Å². The van der Waals surface area contributed by atoms with E-state index in [0.717, 1.165) is 0 Å². The summed E-state index contributed by atoms with van der Waals surface area (Å²) in [5.41, 5.74) is 0.779. The third-order valence-corrected chi connectivity index (χ3v) is 3.09. The van der Waals surface area contributed by atoms with Gasteiger partial charge in [0, 0.05) is 17.8 Å². The van der Waals surface area contributed by atoms with Crippen molar-refractivity contribution >= 4 is 17.3 Å². The highest BCUT2D eigenvalue weighted by Gasteiger charge is 2.26. The fourth-order valence-electron chi connectivity index (χ4n) is 2.13. The van der Waals surface area contributed by atoms with Gasteiger partial charge < -0.3 is 15.2 Å². The average molecular weight is 286 g/mol. The van der Waals surface area contributed by atoms with Gasteiger partial charge in [-0.1, -0.05) is 12.1 Å². The molecule has 7 nitrogen and oxygen atoms in total. The Morgan fingerprint density at radius 1 is 1.24 bits per heavy atom. The van der Waals surface area contributed by atoms with Gasteiger partial charge in [0.25, 0.3) is 0 Å². The van der Waals surface area contributed by atoms with Crippen molar-refractivity contribution in [1.82, 2.24) is 0 Å². The minimum atomic E-state index is -0.585. The first-order valence-corrected chi connectivity index (χ1v) is 6.11. The maximum Gasteiger partial charge on any atom is 0.312 e. The third kappa shape index (κ3) is 2.36. The lowest BCUT2D eigenvalue weighted by molar-refractivity contribution is -0.385. The molecule has 1 heterocycles. The Balaban J connectivity index is 2.05. The molecule has 1 aliphatic rings. The summed E-state index contributed by atoms with van der Waals surface area (Å²) < 4.78 is 5.42. The monoisotopic (exact) mass is 286 g/mol. The van der Waals surface area contributed by atoms with E-state index in [1.54, 1.807) is 12.1 Å². The smallest absolute Gasteiger partial charge is 0.312 e. The maximum atomic E-state index is 11.3. The molecule has 0 saturated heterocycles. The Morgan fingerprint density at radius 3 is 2.71 bits per heavy atom. The lowest BCUT2D eigenvalue weighted by Crippen LogP contribution is -2.03. The molecule has 0 atom stereocenters. The zero-order valence-electron chi connectivity index (χ0n) is 10.7. The van der Waals surface area contributed by atoms with Crippen molar-refractivity contribution in [1.29, 1.82) is 0 Å². The molecule has 0 fully saturated rings. The van der Waals surface area contributed by atoms with Crippen molar-refractivity contribution in [3.05, 3.63) is 52.1 Å². The van der Waals surface area contributed by atoms with Crippen molar-refractivity contribution in [2.24, 2.45) is 0 Å². The van der Waals surface area contributed by atoms with Crippen LogP contribution in [0, 0.1) is 10.1 Å². The summed E-state index contributed by atoms with van der Waals surface area (Å²) in [7, 11) is 0. The first kappa shape index (κ1) is 12.9. The third-order valence-electron chi connectivity index (χ3n) is 3.09. The van der Waals surface area contributed by atoms with Gasteiger partial charge in [-0.15, -0.1) is 0 Å². The van der Waals surface area contributed by atoms with E-state index in [4.69, 9.17) is 4.74 Å². The summed E-state index contributed by atoms with van der Waals surface area (Å²) in [6, 6.07) is 8.85. The SMILES string of the molecule is O=C1Cc2cc([N+](=O)[O-])c(Oc3ccccc3O)cc2N1. The molecule has 0 saturated carbocycles. The van der Waals surface area contributed by atoms with E-state index in [-0.39, 0.29) is 35.3 Å². The average Bonchev–Trinajstić information content (AvgIpc) is 2.79. The van der Waals surface area contributed by atoms with Crippen LogP contribution >= 0.6 is 0 Å². The molecule has 2 aromatic rings. The number of nitro groups is 1. The second-order valence-electron chi connectivity index (χ2n) is 4.53. The number of para-hydroxylation sites is 2. The zero-order valence-corrected chi connectivity index (χ0v) is 10.7. The molecule has 7 heteroatoms. The fraction of sp³-hybridized carbons (Fsp3) is 0.0714. The minimum absolute atomic E-state index is 0.0394. The molecule has 1 aliphatic heterocycles. The molecular formula is C14H10N2O5. The van der Waals surface area contributed by atoms with Gasteiger partial charge in [-0.3, -0.25) is 14.9 Å². The van der Waals surface area contributed by atoms with E-state index in [1.165, 1.54) is 24.3 Å². The van der Waals surface area contributed by atoms with Crippen LogP contribution in [0.2, 0.25) is 0 Å². The van der Waals surface area contributed by atoms with Gasteiger partial charge >= 0.3 is 5.69 Å². The lowest BCUT2D eigenvalue weighted by Gasteiger charge is -2.09. The van der Waals surface area contributed by atoms with E-state index in [2.05, 4.69) is 5.32 Å². The molecule has 0 unspecified atom stereocenters. The lowest BCUT2D eigenvalue weighted by atomic mass is 10.1. The summed E-state index contributed by atoms with van der Waals surface area (Å²) >= 11 is 0. The number of nitro benzene ring substituents is 1. The number of anilines is 1. The van der Waals surface area contributed by atoms with Gasteiger partial charge in [0.15, 0.2) is 11.5 Å². The largest absolute Gasteiger partial charge is 0.504 e. The molecule has 0 aliphatic carbocycles. The maximum absolute atomic E-state index is 11.3. The van der Waals surface area contributed by atoms with Crippen LogP contribution in [0.4, 0.5) is 11.4 Å². The molecular weight excluding hydrogens is 276 g/mol. The number of ether oxygens (including phenoxy) is 1. The molecule has 1 amide bonds. The van der Waals surface area contributed by atoms with Crippen LogP contribution in [0.15, 0.2) is 36.4 Å². The van der Waals surface area contributed by atoms with E-state index < -0.39 is 4.92 Å². The molecule has 21 heavy (non-hydrogen) atoms. The number of nitrogens with one attached hydrogen (secondary N) is 1. The summed E-state index contributed by atoms with van der Waals surface area (Å²) in [5.74, 6) is -0.289. The van der Waals surface area contributed by atoms with Crippen LogP contribution in [0.25, 0.3) is 0 Å². The fourth-order valence-corrected chi connectivity index (χ4v) is 2.13. The number of aromatic hydroxyl groups is 1. The van der Waals surface area contributed by atoms with Crippen LogP contribution in [0.3, 0.4) is 0 Å². The number of nitrogens with zero attached hydrogens (tertiary/aromatic N) is 1. The Kier molecular flexibility index (Phi) is 2.94. The predicted molar refractivity (Wildman–Crippen MR) is 73.6 cm³/mol. The number of carbonyl (C=O) groups is 1. The molecule has 0 aromatic heterocycles. The van der Waals surface area contributed by atoms with E-state index >= 15 is 0 Å². The Labute approximate surface area is 118 Å². The van der Waals surface area contributed by atoms with Crippen LogP contribution in [0.1, 0.15) is 5.56 Å². The summed E-state index contributed by atoms with van der Waals surface area (Å²) in [6.07, 6.45) is 0.104. The number of fused-ring (bicyclic) bond motifs is 1. The summed E-state index contributed by atoms with van der Waals surface area (Å²) in [5, 5.41) is 23.4. The standard InChI is InChI=1S/C14H10N2O5/c17-11-3-1-2-4-12(11)21-13-7-9-8(6-14(18)15-9)5-10(13)16(19)20/h1-5,7,17H,6H2,(H,15,18). The van der Waals surface area contributed by atoms with Crippen molar-refractivity contribution in [2.45, 2.75) is 6.42 Å². The number of hydrogen-bond donors (Lipinski definition) is 2. The number of amides is 1. The number of phenols is 1. The molecule has 106 valence electrons. The number of carbonyl (C=O) groups excluding carboxylic acids is 1. The Hall–Kier alpha value is -3.09. The van der Waals surface area contributed by atoms with Crippen molar-refractivity contribution in [3.63, 3.8) is 0 Å². The molecule has 0 spiro atoms. The van der Waals surface area contributed by atoms with Crippen LogP contribution in [-0.2, 0) is 11.2 Å². The van der Waals surface area contributed by atoms with Gasteiger partial charge in [0.1, 0.15) is 0 Å². The highest BCUT2D eigenvalue weighted by Crippen LogP contribution is 2.40. The van der Waals surface area contributed by atoms with Crippen molar-refractivity contribution in [3.8, 4) is 17.2 Å². The minimum Gasteiger partial charge on any atom is -0.504 e. The van der Waals surface area contributed by atoms with Gasteiger partial charge in [0.2, 0.25) is 11.7 Å². The van der Waals surface area contributed by atoms with Crippen LogP contribution in [0.5, 0.6) is 17.2 Å². The van der Waals surface area contributed by atoms with Crippen molar-refractivity contribution in [2.75, 3.05) is 5.32 Å². The first-order valence-electron chi connectivity index (χ1n) is 6.11. The quantitative estimate of drug-likeness (QED) is 0.667. The Bertz CT molecular complexity index is 757. The van der Waals surface area contributed by atoms with Gasteiger partial charge in [-0.05, 0) is 17.7 Å². The Morgan fingerprint density at radius 2 is 2.00 bits per heavy atom. The van der Waals surface area contributed by atoms with Gasteiger partial charge in [0.05, 0.1) is 11.3 Å². The van der Waals surface area contributed by atoms with E-state index in [9.17, 15) is 20.0 Å². The molecule has 2 N–H and O–H groups in total. The van der Waals surface area contributed by atoms with E-state index in [1.807, 2.05) is 0 Å².